The molecule has 0 aliphatic heterocycles. The molecule has 0 bridgehead atoms. The van der Waals surface area contributed by atoms with E-state index in [-0.39, 0.29) is 5.82 Å². The quantitative estimate of drug-likeness (QED) is 0.834. The van der Waals surface area contributed by atoms with Crippen LogP contribution in [0.25, 0.3) is 0 Å². The van der Waals surface area contributed by atoms with Crippen LogP contribution in [0, 0.1) is 13.8 Å². The fourth-order valence-corrected chi connectivity index (χ4v) is 1.58. The van der Waals surface area contributed by atoms with Gasteiger partial charge in [-0.1, -0.05) is 5.16 Å². The summed E-state index contributed by atoms with van der Waals surface area (Å²) >= 11 is 0. The lowest BCUT2D eigenvalue weighted by molar-refractivity contribution is 0.0587. The van der Waals surface area contributed by atoms with Crippen LogP contribution in [0.5, 0.6) is 0 Å². The first kappa shape index (κ1) is 13.0. The van der Waals surface area contributed by atoms with Crippen LogP contribution in [0.1, 0.15) is 27.6 Å². The van der Waals surface area contributed by atoms with Gasteiger partial charge >= 0.3 is 5.97 Å². The molecule has 0 aromatic carbocycles. The van der Waals surface area contributed by atoms with E-state index in [9.17, 15) is 4.79 Å². The molecule has 7 nitrogen and oxygen atoms in total. The number of rotatable bonds is 4. The Morgan fingerprint density at radius 3 is 2.89 bits per heavy atom. The number of carbonyl (C=O) groups excluding carboxylic acids is 1. The van der Waals surface area contributed by atoms with E-state index in [0.29, 0.717) is 12.4 Å². The highest BCUT2D eigenvalue weighted by atomic mass is 16.5. The highest BCUT2D eigenvalue weighted by Gasteiger charge is 2.11. The lowest BCUT2D eigenvalue weighted by Crippen LogP contribution is -2.10. The Hall–Kier alpha value is -2.44. The SMILES string of the molecule is COC(=O)c1nccc(NCc2c(C)noc2C)n1. The summed E-state index contributed by atoms with van der Waals surface area (Å²) in [5.74, 6) is 0.745. The normalized spacial score (nSPS) is 10.3. The summed E-state index contributed by atoms with van der Waals surface area (Å²) in [6.45, 7) is 4.23. The van der Waals surface area contributed by atoms with Gasteiger partial charge in [0.25, 0.3) is 0 Å². The van der Waals surface area contributed by atoms with Crippen molar-refractivity contribution >= 4 is 11.8 Å². The Bertz CT molecular complexity index is 575. The third-order valence-electron chi connectivity index (χ3n) is 2.65. The second-order valence-corrected chi connectivity index (χ2v) is 3.91. The molecule has 0 spiro atoms. The molecule has 0 unspecified atom stereocenters. The first-order valence-electron chi connectivity index (χ1n) is 5.68. The lowest BCUT2D eigenvalue weighted by Gasteiger charge is -2.05. The molecule has 0 saturated carbocycles. The molecule has 100 valence electrons. The summed E-state index contributed by atoms with van der Waals surface area (Å²) in [5.41, 5.74) is 1.80. The molecule has 0 saturated heterocycles. The molecule has 0 atom stereocenters. The molecular formula is C12H14N4O3. The predicted molar refractivity (Wildman–Crippen MR) is 66.7 cm³/mol. The first-order valence-corrected chi connectivity index (χ1v) is 5.68. The number of nitrogens with one attached hydrogen (secondary N) is 1. The smallest absolute Gasteiger partial charge is 0.376 e. The standard InChI is InChI=1S/C12H14N4O3/c1-7-9(8(2)19-16-7)6-14-10-4-5-13-11(15-10)12(17)18-3/h4-5H,6H2,1-3H3,(H,13,14,15). The zero-order valence-electron chi connectivity index (χ0n) is 10.9. The number of esters is 1. The fraction of sp³-hybridized carbons (Fsp3) is 0.333. The van der Waals surface area contributed by atoms with Crippen LogP contribution in [0.4, 0.5) is 5.82 Å². The zero-order chi connectivity index (χ0) is 13.8. The number of aryl methyl sites for hydroxylation is 2. The van der Waals surface area contributed by atoms with Crippen LogP contribution in [-0.2, 0) is 11.3 Å². The molecule has 0 amide bonds. The van der Waals surface area contributed by atoms with Gasteiger partial charge in [-0.05, 0) is 19.9 Å². The summed E-state index contributed by atoms with van der Waals surface area (Å²) in [4.78, 5) is 19.2. The number of hydrogen-bond acceptors (Lipinski definition) is 7. The van der Waals surface area contributed by atoms with Gasteiger partial charge in [0, 0.05) is 18.3 Å². The van der Waals surface area contributed by atoms with E-state index >= 15 is 0 Å². The first-order chi connectivity index (χ1) is 9.11. The number of nitrogens with zero attached hydrogens (tertiary/aromatic N) is 3. The summed E-state index contributed by atoms with van der Waals surface area (Å²) in [6.07, 6.45) is 1.49. The molecule has 2 heterocycles. The van der Waals surface area contributed by atoms with Gasteiger partial charge in [0.05, 0.1) is 12.8 Å². The van der Waals surface area contributed by atoms with Crippen molar-refractivity contribution in [1.29, 1.82) is 0 Å². The van der Waals surface area contributed by atoms with Crippen LogP contribution in [0.2, 0.25) is 0 Å². The fourth-order valence-electron chi connectivity index (χ4n) is 1.58. The topological polar surface area (TPSA) is 90.1 Å². The minimum absolute atomic E-state index is 0.0197. The lowest BCUT2D eigenvalue weighted by atomic mass is 10.2. The van der Waals surface area contributed by atoms with Gasteiger partial charge < -0.3 is 14.6 Å². The molecule has 0 aliphatic rings. The third kappa shape index (κ3) is 2.87. The van der Waals surface area contributed by atoms with Crippen molar-refractivity contribution in [1.82, 2.24) is 15.1 Å². The number of hydrogen-bond donors (Lipinski definition) is 1. The summed E-state index contributed by atoms with van der Waals surface area (Å²) in [7, 11) is 1.29. The Balaban J connectivity index is 2.10. The maximum Gasteiger partial charge on any atom is 0.376 e. The molecule has 0 radical (unpaired) electrons. The van der Waals surface area contributed by atoms with Gasteiger partial charge in [-0.25, -0.2) is 14.8 Å². The zero-order valence-corrected chi connectivity index (χ0v) is 10.9. The van der Waals surface area contributed by atoms with E-state index in [1.54, 1.807) is 6.07 Å². The van der Waals surface area contributed by atoms with Crippen molar-refractivity contribution in [3.8, 4) is 0 Å². The Kier molecular flexibility index (Phi) is 3.74. The van der Waals surface area contributed by atoms with Gasteiger partial charge in [-0.3, -0.25) is 0 Å². The van der Waals surface area contributed by atoms with E-state index < -0.39 is 5.97 Å². The largest absolute Gasteiger partial charge is 0.463 e. The average molecular weight is 262 g/mol. The molecular weight excluding hydrogens is 248 g/mol. The van der Waals surface area contributed by atoms with Gasteiger partial charge in [-0.15, -0.1) is 0 Å². The van der Waals surface area contributed by atoms with Crippen molar-refractivity contribution in [3.63, 3.8) is 0 Å². The highest BCUT2D eigenvalue weighted by Crippen LogP contribution is 2.14. The van der Waals surface area contributed by atoms with Crippen molar-refractivity contribution in [2.24, 2.45) is 0 Å². The van der Waals surface area contributed by atoms with Gasteiger partial charge in [0.15, 0.2) is 0 Å². The summed E-state index contributed by atoms with van der Waals surface area (Å²) in [5, 5.41) is 6.95. The summed E-state index contributed by atoms with van der Waals surface area (Å²) in [6, 6.07) is 1.67. The van der Waals surface area contributed by atoms with Crippen molar-refractivity contribution in [3.05, 3.63) is 35.1 Å². The second kappa shape index (κ2) is 5.47. The van der Waals surface area contributed by atoms with Crippen LogP contribution >= 0.6 is 0 Å². The van der Waals surface area contributed by atoms with Gasteiger partial charge in [0.1, 0.15) is 11.6 Å². The van der Waals surface area contributed by atoms with Gasteiger partial charge in [-0.2, -0.15) is 0 Å². The van der Waals surface area contributed by atoms with E-state index in [4.69, 9.17) is 4.52 Å². The molecule has 19 heavy (non-hydrogen) atoms. The third-order valence-corrected chi connectivity index (χ3v) is 2.65. The maximum atomic E-state index is 11.3. The number of aromatic nitrogens is 3. The monoisotopic (exact) mass is 262 g/mol. The minimum Gasteiger partial charge on any atom is -0.463 e. The van der Waals surface area contributed by atoms with Crippen LogP contribution in [0.3, 0.4) is 0 Å². The van der Waals surface area contributed by atoms with Crippen LogP contribution in [-0.4, -0.2) is 28.2 Å². The molecule has 2 rings (SSSR count). The van der Waals surface area contributed by atoms with Gasteiger partial charge in [0.2, 0.25) is 5.82 Å². The predicted octanol–water partition coefficient (Wildman–Crippen LogP) is 1.48. The molecule has 0 fully saturated rings. The minimum atomic E-state index is -0.569. The Morgan fingerprint density at radius 1 is 1.47 bits per heavy atom. The Labute approximate surface area is 110 Å². The number of methoxy groups -OCH3 is 1. The molecule has 2 aromatic heterocycles. The van der Waals surface area contributed by atoms with Crippen molar-refractivity contribution < 1.29 is 14.1 Å². The van der Waals surface area contributed by atoms with E-state index in [1.807, 2.05) is 13.8 Å². The summed E-state index contributed by atoms with van der Waals surface area (Å²) < 4.78 is 9.63. The van der Waals surface area contributed by atoms with E-state index in [1.165, 1.54) is 13.3 Å². The molecule has 1 N–H and O–H groups in total. The molecule has 0 aliphatic carbocycles. The van der Waals surface area contributed by atoms with Crippen molar-refractivity contribution in [2.45, 2.75) is 20.4 Å². The number of carbonyl (C=O) groups is 1. The van der Waals surface area contributed by atoms with E-state index in [2.05, 4.69) is 25.2 Å². The Morgan fingerprint density at radius 2 is 2.26 bits per heavy atom. The molecule has 7 heteroatoms. The average Bonchev–Trinajstić information content (AvgIpc) is 2.75. The van der Waals surface area contributed by atoms with Crippen LogP contribution < -0.4 is 5.32 Å². The second-order valence-electron chi connectivity index (χ2n) is 3.91. The highest BCUT2D eigenvalue weighted by molar-refractivity contribution is 5.85. The van der Waals surface area contributed by atoms with Crippen LogP contribution in [0.15, 0.2) is 16.8 Å². The van der Waals surface area contributed by atoms with E-state index in [0.717, 1.165) is 17.0 Å². The number of ether oxygens (including phenoxy) is 1. The maximum absolute atomic E-state index is 11.3. The molecule has 2 aromatic rings. The van der Waals surface area contributed by atoms with Crippen molar-refractivity contribution in [2.75, 3.05) is 12.4 Å². The number of anilines is 1.